The Bertz CT molecular complexity index is 637. The van der Waals surface area contributed by atoms with Crippen LogP contribution in [0.1, 0.15) is 36.8 Å². The summed E-state index contributed by atoms with van der Waals surface area (Å²) in [6.07, 6.45) is 2.87. The molecule has 21 heavy (non-hydrogen) atoms. The minimum atomic E-state index is -0.354. The second-order valence-corrected chi connectivity index (χ2v) is 5.44. The van der Waals surface area contributed by atoms with Crippen molar-refractivity contribution in [3.8, 4) is 0 Å². The average Bonchev–Trinajstić information content (AvgIpc) is 2.46. The molecule has 4 N–H and O–H groups in total. The number of hydrogen-bond acceptors (Lipinski definition) is 7. The van der Waals surface area contributed by atoms with E-state index in [0.717, 1.165) is 5.69 Å². The number of nitrogens with zero attached hydrogens (tertiary/aromatic N) is 4. The first-order valence-corrected chi connectivity index (χ1v) is 6.34. The number of anilines is 2. The molecule has 110 valence electrons. The lowest BCUT2D eigenvalue weighted by molar-refractivity contribution is 0.102. The maximum atomic E-state index is 12.2. The fraction of sp³-hybridized carbons (Fsp3) is 0.308. The molecule has 0 saturated carbocycles. The van der Waals surface area contributed by atoms with Crippen molar-refractivity contribution in [2.24, 2.45) is 5.84 Å². The lowest BCUT2D eigenvalue weighted by atomic mass is 9.90. The van der Waals surface area contributed by atoms with Gasteiger partial charge in [-0.3, -0.25) is 10.1 Å². The number of amides is 1. The van der Waals surface area contributed by atoms with Gasteiger partial charge >= 0.3 is 0 Å². The highest BCUT2D eigenvalue weighted by Gasteiger charge is 2.19. The molecular weight excluding hydrogens is 270 g/mol. The first-order chi connectivity index (χ1) is 9.90. The third kappa shape index (κ3) is 3.69. The van der Waals surface area contributed by atoms with E-state index in [1.807, 2.05) is 20.8 Å². The van der Waals surface area contributed by atoms with Gasteiger partial charge in [0.2, 0.25) is 5.95 Å². The fourth-order valence-corrected chi connectivity index (χ4v) is 1.60. The minimum absolute atomic E-state index is 0.138. The van der Waals surface area contributed by atoms with Gasteiger partial charge in [-0.25, -0.2) is 15.8 Å². The van der Waals surface area contributed by atoms with Crippen LogP contribution in [0.15, 0.2) is 24.5 Å². The molecule has 0 aliphatic rings. The Labute approximate surface area is 122 Å². The van der Waals surface area contributed by atoms with Crippen LogP contribution < -0.4 is 16.6 Å². The summed E-state index contributed by atoms with van der Waals surface area (Å²) in [4.78, 5) is 20.5. The van der Waals surface area contributed by atoms with Crippen molar-refractivity contribution < 1.29 is 4.79 Å². The van der Waals surface area contributed by atoms with Gasteiger partial charge in [-0.15, -0.1) is 5.10 Å². The van der Waals surface area contributed by atoms with Crippen LogP contribution >= 0.6 is 0 Å². The zero-order valence-electron chi connectivity index (χ0n) is 12.1. The number of carbonyl (C=O) groups is 1. The molecule has 2 aromatic heterocycles. The van der Waals surface area contributed by atoms with E-state index >= 15 is 0 Å². The van der Waals surface area contributed by atoms with E-state index in [9.17, 15) is 4.79 Å². The van der Waals surface area contributed by atoms with Crippen molar-refractivity contribution in [1.29, 1.82) is 0 Å². The highest BCUT2D eigenvalue weighted by atomic mass is 16.1. The van der Waals surface area contributed by atoms with Gasteiger partial charge in [0.1, 0.15) is 5.82 Å². The molecule has 0 bridgehead atoms. The number of pyridine rings is 1. The number of carbonyl (C=O) groups excluding carboxylic acids is 1. The Morgan fingerprint density at radius 1 is 1.24 bits per heavy atom. The quantitative estimate of drug-likeness (QED) is 0.571. The van der Waals surface area contributed by atoms with Crippen LogP contribution in [0, 0.1) is 0 Å². The van der Waals surface area contributed by atoms with Crippen molar-refractivity contribution >= 4 is 17.7 Å². The molecule has 0 unspecified atom stereocenters. The van der Waals surface area contributed by atoms with Gasteiger partial charge in [0.25, 0.3) is 5.91 Å². The number of hydrazine groups is 1. The van der Waals surface area contributed by atoms with Gasteiger partial charge in [0.05, 0.1) is 12.4 Å². The summed E-state index contributed by atoms with van der Waals surface area (Å²) in [6, 6.07) is 3.27. The Morgan fingerprint density at radius 2 is 2.00 bits per heavy atom. The van der Waals surface area contributed by atoms with E-state index in [4.69, 9.17) is 5.84 Å². The number of rotatable bonds is 3. The molecule has 0 atom stereocenters. The van der Waals surface area contributed by atoms with Crippen LogP contribution in [0.5, 0.6) is 0 Å². The predicted molar refractivity (Wildman–Crippen MR) is 78.5 cm³/mol. The molecule has 2 heterocycles. The molecule has 0 spiro atoms. The van der Waals surface area contributed by atoms with Crippen LogP contribution in [0.4, 0.5) is 11.8 Å². The van der Waals surface area contributed by atoms with Gasteiger partial charge in [-0.1, -0.05) is 20.8 Å². The summed E-state index contributed by atoms with van der Waals surface area (Å²) in [5.74, 6) is 5.60. The van der Waals surface area contributed by atoms with Gasteiger partial charge in [0, 0.05) is 16.7 Å². The van der Waals surface area contributed by atoms with Crippen LogP contribution in [0.25, 0.3) is 0 Å². The third-order valence-electron chi connectivity index (χ3n) is 2.71. The number of nitrogen functional groups attached to an aromatic ring is 1. The maximum absolute atomic E-state index is 12.2. The standard InChI is InChI=1S/C13H17N7O/c1-13(2,3)9-6-8(7-10(17-9)19-14)11(21)18-12-15-4-5-16-20-12/h4-7H,14H2,1-3H3,(H,17,19)(H,15,18,20,21). The minimum Gasteiger partial charge on any atom is -0.308 e. The Morgan fingerprint density at radius 3 is 2.57 bits per heavy atom. The second-order valence-electron chi connectivity index (χ2n) is 5.44. The zero-order valence-corrected chi connectivity index (χ0v) is 12.1. The fourth-order valence-electron chi connectivity index (χ4n) is 1.60. The van der Waals surface area contributed by atoms with Crippen molar-refractivity contribution in [3.63, 3.8) is 0 Å². The number of nitrogens with two attached hydrogens (primary N) is 1. The van der Waals surface area contributed by atoms with E-state index in [0.29, 0.717) is 11.4 Å². The summed E-state index contributed by atoms with van der Waals surface area (Å²) in [6.45, 7) is 6.00. The molecule has 0 aliphatic heterocycles. The lowest BCUT2D eigenvalue weighted by Crippen LogP contribution is -2.20. The topological polar surface area (TPSA) is 119 Å². The van der Waals surface area contributed by atoms with Crippen LogP contribution in [-0.4, -0.2) is 26.1 Å². The zero-order chi connectivity index (χ0) is 15.5. The summed E-state index contributed by atoms with van der Waals surface area (Å²) >= 11 is 0. The van der Waals surface area contributed by atoms with Crippen molar-refractivity contribution in [2.45, 2.75) is 26.2 Å². The van der Waals surface area contributed by atoms with Gasteiger partial charge < -0.3 is 5.43 Å². The lowest BCUT2D eigenvalue weighted by Gasteiger charge is -2.19. The van der Waals surface area contributed by atoms with Crippen molar-refractivity contribution in [3.05, 3.63) is 35.8 Å². The van der Waals surface area contributed by atoms with E-state index in [1.54, 1.807) is 12.1 Å². The largest absolute Gasteiger partial charge is 0.308 e. The molecule has 0 fully saturated rings. The van der Waals surface area contributed by atoms with E-state index in [1.165, 1.54) is 12.4 Å². The molecule has 8 nitrogen and oxygen atoms in total. The van der Waals surface area contributed by atoms with Gasteiger partial charge in [-0.05, 0) is 12.1 Å². The number of nitrogens with one attached hydrogen (secondary N) is 2. The molecule has 2 aromatic rings. The Balaban J connectivity index is 2.32. The summed E-state index contributed by atoms with van der Waals surface area (Å²) in [5.41, 5.74) is 3.41. The van der Waals surface area contributed by atoms with Crippen molar-refractivity contribution in [2.75, 3.05) is 10.7 Å². The highest BCUT2D eigenvalue weighted by Crippen LogP contribution is 2.23. The van der Waals surface area contributed by atoms with Crippen LogP contribution in [0.2, 0.25) is 0 Å². The first kappa shape index (κ1) is 14.8. The Kier molecular flexibility index (Phi) is 4.08. The van der Waals surface area contributed by atoms with E-state index in [2.05, 4.69) is 30.9 Å². The average molecular weight is 287 g/mol. The normalized spacial score (nSPS) is 11.0. The Hall–Kier alpha value is -2.61. The molecular formula is C13H17N7O. The summed E-state index contributed by atoms with van der Waals surface area (Å²) < 4.78 is 0. The van der Waals surface area contributed by atoms with Crippen molar-refractivity contribution in [1.82, 2.24) is 20.2 Å². The molecule has 8 heteroatoms. The molecule has 0 aromatic carbocycles. The van der Waals surface area contributed by atoms with Crippen LogP contribution in [-0.2, 0) is 5.41 Å². The van der Waals surface area contributed by atoms with Crippen LogP contribution in [0.3, 0.4) is 0 Å². The molecule has 0 aliphatic carbocycles. The van der Waals surface area contributed by atoms with E-state index in [-0.39, 0.29) is 17.3 Å². The number of aromatic nitrogens is 4. The molecule has 1 amide bonds. The SMILES string of the molecule is CC(C)(C)c1cc(C(=O)Nc2nccnn2)cc(NN)n1. The maximum Gasteiger partial charge on any atom is 0.258 e. The number of hydrogen-bond donors (Lipinski definition) is 3. The predicted octanol–water partition coefficient (Wildman–Crippen LogP) is 1.10. The van der Waals surface area contributed by atoms with E-state index < -0.39 is 0 Å². The molecule has 0 radical (unpaired) electrons. The smallest absolute Gasteiger partial charge is 0.258 e. The summed E-state index contributed by atoms with van der Waals surface area (Å²) in [5, 5.41) is 9.93. The van der Waals surface area contributed by atoms with Gasteiger partial charge in [-0.2, -0.15) is 5.10 Å². The summed E-state index contributed by atoms with van der Waals surface area (Å²) in [7, 11) is 0. The molecule has 2 rings (SSSR count). The monoisotopic (exact) mass is 287 g/mol. The molecule has 0 saturated heterocycles. The first-order valence-electron chi connectivity index (χ1n) is 6.34. The third-order valence-corrected chi connectivity index (χ3v) is 2.71. The second kappa shape index (κ2) is 5.80. The van der Waals surface area contributed by atoms with Gasteiger partial charge in [0.15, 0.2) is 0 Å². The highest BCUT2D eigenvalue weighted by molar-refractivity contribution is 6.03.